The number of carbonyl (C=O) groups is 4. The average molecular weight is 548 g/mol. The molecule has 41 heavy (non-hydrogen) atoms. The number of hydrogen-bond acceptors (Lipinski definition) is 5. The van der Waals surface area contributed by atoms with E-state index in [0.29, 0.717) is 22.7 Å². The molecule has 0 fully saturated rings. The van der Waals surface area contributed by atoms with Crippen molar-refractivity contribution in [3.8, 4) is 0 Å². The van der Waals surface area contributed by atoms with Crippen molar-refractivity contribution in [2.45, 2.75) is 25.9 Å². The van der Waals surface area contributed by atoms with Gasteiger partial charge in [0.2, 0.25) is 5.91 Å². The summed E-state index contributed by atoms with van der Waals surface area (Å²) in [5.74, 6) is -2.31. The first-order valence-electron chi connectivity index (χ1n) is 13.2. The van der Waals surface area contributed by atoms with E-state index in [4.69, 9.17) is 0 Å². The first-order chi connectivity index (χ1) is 19.9. The molecule has 0 aliphatic carbocycles. The number of carbonyl (C=O) groups excluding carboxylic acids is 4. The summed E-state index contributed by atoms with van der Waals surface area (Å²) in [5, 5.41) is 2.62. The number of nitrogens with zero attached hydrogens (tertiary/aromatic N) is 4. The molecular formula is C32H29N5O4. The normalized spacial score (nSPS) is 14.9. The molecule has 0 spiro atoms. The van der Waals surface area contributed by atoms with Crippen LogP contribution in [0.15, 0.2) is 109 Å². The van der Waals surface area contributed by atoms with E-state index in [0.717, 1.165) is 0 Å². The molecule has 1 aliphatic heterocycles. The van der Waals surface area contributed by atoms with Crippen molar-refractivity contribution >= 4 is 46.4 Å². The smallest absolute Gasteiger partial charge is 0.264 e. The summed E-state index contributed by atoms with van der Waals surface area (Å²) >= 11 is 0. The standard InChI is InChI=1S/C32H29N5O4/c1-22(2)36(24-11-5-3-6-12-24)28(38)21-35-26-15-9-10-16-27(26)37(25-13-7-4-8-14-25)32(41)29(31(35)40)34-30(39)23-17-19-33-20-18-23/h3-20,22,29H,21H2,1-2H3,(H,34,39). The maximum absolute atomic E-state index is 14.2. The second-order valence-electron chi connectivity index (χ2n) is 9.76. The zero-order valence-corrected chi connectivity index (χ0v) is 22.7. The van der Waals surface area contributed by atoms with Crippen molar-refractivity contribution in [2.75, 3.05) is 21.2 Å². The lowest BCUT2D eigenvalue weighted by Gasteiger charge is -2.31. The Labute approximate surface area is 238 Å². The summed E-state index contributed by atoms with van der Waals surface area (Å²) in [6.07, 6.45) is 2.90. The van der Waals surface area contributed by atoms with E-state index in [2.05, 4.69) is 10.3 Å². The Hall–Kier alpha value is -5.31. The van der Waals surface area contributed by atoms with Crippen LogP contribution < -0.4 is 20.0 Å². The van der Waals surface area contributed by atoms with E-state index in [1.54, 1.807) is 53.4 Å². The molecule has 1 unspecified atom stereocenters. The van der Waals surface area contributed by atoms with Crippen molar-refractivity contribution in [1.82, 2.24) is 10.3 Å². The third kappa shape index (κ3) is 5.56. The second-order valence-corrected chi connectivity index (χ2v) is 9.76. The van der Waals surface area contributed by atoms with Crippen LogP contribution in [0.4, 0.5) is 22.7 Å². The highest BCUT2D eigenvalue weighted by Gasteiger charge is 2.43. The van der Waals surface area contributed by atoms with Crippen molar-refractivity contribution in [1.29, 1.82) is 0 Å². The van der Waals surface area contributed by atoms with Crippen molar-refractivity contribution in [2.24, 2.45) is 0 Å². The molecule has 0 bridgehead atoms. The number of nitrogens with one attached hydrogen (secondary N) is 1. The lowest BCUT2D eigenvalue weighted by atomic mass is 10.1. The summed E-state index contributed by atoms with van der Waals surface area (Å²) in [6.45, 7) is 3.43. The Balaban J connectivity index is 1.60. The highest BCUT2D eigenvalue weighted by atomic mass is 16.2. The molecule has 5 rings (SSSR count). The Morgan fingerprint density at radius 3 is 2.02 bits per heavy atom. The maximum atomic E-state index is 14.2. The number of benzene rings is 3. The van der Waals surface area contributed by atoms with Crippen LogP contribution in [0.1, 0.15) is 24.2 Å². The van der Waals surface area contributed by atoms with E-state index in [9.17, 15) is 19.2 Å². The van der Waals surface area contributed by atoms with Crippen LogP contribution >= 0.6 is 0 Å². The molecule has 1 aliphatic rings. The van der Waals surface area contributed by atoms with Gasteiger partial charge in [-0.3, -0.25) is 34.0 Å². The monoisotopic (exact) mass is 547 g/mol. The minimum Gasteiger partial charge on any atom is -0.332 e. The topological polar surface area (TPSA) is 103 Å². The van der Waals surface area contributed by atoms with Crippen LogP contribution in [0, 0.1) is 0 Å². The van der Waals surface area contributed by atoms with Gasteiger partial charge in [0.15, 0.2) is 6.04 Å². The van der Waals surface area contributed by atoms with Gasteiger partial charge in [0.05, 0.1) is 11.4 Å². The van der Waals surface area contributed by atoms with Gasteiger partial charge in [-0.25, -0.2) is 0 Å². The SMILES string of the molecule is CC(C)N(C(=O)CN1C(=O)C(NC(=O)c2ccncc2)C(=O)N(c2ccccc2)c2ccccc21)c1ccccc1. The molecular weight excluding hydrogens is 518 g/mol. The van der Waals surface area contributed by atoms with Gasteiger partial charge in [0.25, 0.3) is 17.7 Å². The molecule has 1 N–H and O–H groups in total. The van der Waals surface area contributed by atoms with Gasteiger partial charge in [0.1, 0.15) is 6.54 Å². The number of amides is 4. The van der Waals surface area contributed by atoms with Gasteiger partial charge < -0.3 is 10.2 Å². The van der Waals surface area contributed by atoms with E-state index in [-0.39, 0.29) is 24.1 Å². The highest BCUT2D eigenvalue weighted by Crippen LogP contribution is 2.38. The first-order valence-corrected chi connectivity index (χ1v) is 13.2. The summed E-state index contributed by atoms with van der Waals surface area (Å²) in [6, 6.07) is 26.2. The molecule has 0 radical (unpaired) electrons. The van der Waals surface area contributed by atoms with Gasteiger partial charge in [-0.15, -0.1) is 0 Å². The second kappa shape index (κ2) is 11.8. The predicted octanol–water partition coefficient (Wildman–Crippen LogP) is 4.33. The number of para-hydroxylation sites is 4. The van der Waals surface area contributed by atoms with Gasteiger partial charge in [-0.05, 0) is 62.4 Å². The molecule has 0 saturated carbocycles. The van der Waals surface area contributed by atoms with Gasteiger partial charge in [0, 0.05) is 35.4 Å². The van der Waals surface area contributed by atoms with Crippen LogP contribution in [-0.4, -0.2) is 47.2 Å². The molecule has 206 valence electrons. The van der Waals surface area contributed by atoms with Gasteiger partial charge >= 0.3 is 0 Å². The van der Waals surface area contributed by atoms with Crippen molar-refractivity contribution < 1.29 is 19.2 Å². The van der Waals surface area contributed by atoms with Crippen LogP contribution in [0.25, 0.3) is 0 Å². The molecule has 0 saturated heterocycles. The van der Waals surface area contributed by atoms with Crippen molar-refractivity contribution in [3.05, 3.63) is 115 Å². The maximum Gasteiger partial charge on any atom is 0.264 e. The molecule has 1 atom stereocenters. The number of anilines is 4. The fraction of sp³-hybridized carbons (Fsp3) is 0.156. The van der Waals surface area contributed by atoms with E-state index < -0.39 is 23.8 Å². The number of pyridine rings is 1. The van der Waals surface area contributed by atoms with Gasteiger partial charge in [-0.1, -0.05) is 48.5 Å². The quantitative estimate of drug-likeness (QED) is 0.347. The summed E-state index contributed by atoms with van der Waals surface area (Å²) < 4.78 is 0. The van der Waals surface area contributed by atoms with Crippen molar-refractivity contribution in [3.63, 3.8) is 0 Å². The zero-order valence-electron chi connectivity index (χ0n) is 22.7. The minimum atomic E-state index is -1.60. The lowest BCUT2D eigenvalue weighted by Crippen LogP contribution is -2.56. The zero-order chi connectivity index (χ0) is 28.9. The average Bonchev–Trinajstić information content (AvgIpc) is 3.07. The molecule has 9 nitrogen and oxygen atoms in total. The Morgan fingerprint density at radius 2 is 1.39 bits per heavy atom. The summed E-state index contributed by atoms with van der Waals surface area (Å²) in [4.78, 5) is 63.6. The van der Waals surface area contributed by atoms with E-state index in [1.807, 2.05) is 50.2 Å². The number of aromatic nitrogens is 1. The minimum absolute atomic E-state index is 0.202. The molecule has 9 heteroatoms. The highest BCUT2D eigenvalue weighted by molar-refractivity contribution is 6.25. The molecule has 4 aromatic rings. The predicted molar refractivity (Wildman–Crippen MR) is 157 cm³/mol. The molecule has 1 aromatic heterocycles. The number of fused-ring (bicyclic) bond motifs is 1. The largest absolute Gasteiger partial charge is 0.332 e. The fourth-order valence-electron chi connectivity index (χ4n) is 4.89. The third-order valence-corrected chi connectivity index (χ3v) is 6.74. The van der Waals surface area contributed by atoms with Gasteiger partial charge in [-0.2, -0.15) is 0 Å². The van der Waals surface area contributed by atoms with Crippen LogP contribution in [0.2, 0.25) is 0 Å². The lowest BCUT2D eigenvalue weighted by molar-refractivity contribution is -0.129. The van der Waals surface area contributed by atoms with E-state index >= 15 is 0 Å². The Kier molecular flexibility index (Phi) is 7.87. The summed E-state index contributed by atoms with van der Waals surface area (Å²) in [7, 11) is 0. The summed E-state index contributed by atoms with van der Waals surface area (Å²) in [5.41, 5.74) is 2.24. The fourth-order valence-corrected chi connectivity index (χ4v) is 4.89. The molecule has 4 amide bonds. The molecule has 3 aromatic carbocycles. The van der Waals surface area contributed by atoms with Crippen LogP contribution in [0.3, 0.4) is 0 Å². The van der Waals surface area contributed by atoms with Crippen LogP contribution in [-0.2, 0) is 14.4 Å². The Morgan fingerprint density at radius 1 is 0.805 bits per heavy atom. The third-order valence-electron chi connectivity index (χ3n) is 6.74. The number of hydrogen-bond donors (Lipinski definition) is 1. The van der Waals surface area contributed by atoms with Crippen LogP contribution in [0.5, 0.6) is 0 Å². The Bertz CT molecular complexity index is 1560. The molecule has 2 heterocycles. The van der Waals surface area contributed by atoms with E-state index in [1.165, 1.54) is 34.3 Å². The first kappa shape index (κ1) is 27.3. The number of rotatable bonds is 7.